The predicted molar refractivity (Wildman–Crippen MR) is 114 cm³/mol. The van der Waals surface area contributed by atoms with E-state index in [0.717, 1.165) is 24.9 Å². The van der Waals surface area contributed by atoms with E-state index in [4.69, 9.17) is 10.5 Å². The second-order valence-electron chi connectivity index (χ2n) is 7.59. The first-order valence-electron chi connectivity index (χ1n) is 10.1. The Morgan fingerprint density at radius 2 is 1.97 bits per heavy atom. The van der Waals surface area contributed by atoms with Crippen LogP contribution in [0, 0.1) is 5.92 Å². The van der Waals surface area contributed by atoms with Gasteiger partial charge in [0.2, 0.25) is 17.8 Å². The highest BCUT2D eigenvalue weighted by molar-refractivity contribution is 5.99. The fourth-order valence-electron chi connectivity index (χ4n) is 3.28. The maximum Gasteiger partial charge on any atom is 0.311 e. The van der Waals surface area contributed by atoms with Gasteiger partial charge in [-0.1, -0.05) is 25.5 Å². The SMILES string of the molecule is CCCCc1ccc(N2CC(C(=O)OCc3nc(N)nc(N(C)C)n3)CC2=O)cc1. The monoisotopic (exact) mass is 412 g/mol. The quantitative estimate of drug-likeness (QED) is 0.655. The second-order valence-corrected chi connectivity index (χ2v) is 7.59. The Morgan fingerprint density at radius 3 is 2.63 bits per heavy atom. The van der Waals surface area contributed by atoms with Gasteiger partial charge in [-0.3, -0.25) is 9.59 Å². The molecule has 2 aromatic rings. The van der Waals surface area contributed by atoms with E-state index in [9.17, 15) is 9.59 Å². The minimum atomic E-state index is -0.523. The minimum absolute atomic E-state index is 0.0596. The number of amides is 1. The summed E-state index contributed by atoms with van der Waals surface area (Å²) in [6, 6.07) is 7.95. The first kappa shape index (κ1) is 21.5. The molecular formula is C21H28N6O3. The zero-order valence-electron chi connectivity index (χ0n) is 17.7. The largest absolute Gasteiger partial charge is 0.457 e. The summed E-state index contributed by atoms with van der Waals surface area (Å²) in [4.78, 5) is 40.5. The summed E-state index contributed by atoms with van der Waals surface area (Å²) < 4.78 is 5.35. The number of hydrogen-bond acceptors (Lipinski definition) is 8. The van der Waals surface area contributed by atoms with Gasteiger partial charge in [-0.15, -0.1) is 0 Å². The molecule has 9 heteroatoms. The van der Waals surface area contributed by atoms with E-state index in [-0.39, 0.29) is 30.7 Å². The smallest absolute Gasteiger partial charge is 0.311 e. The van der Waals surface area contributed by atoms with Crippen LogP contribution in [0.15, 0.2) is 24.3 Å². The summed E-state index contributed by atoms with van der Waals surface area (Å²) in [6.07, 6.45) is 3.43. The van der Waals surface area contributed by atoms with Crippen molar-refractivity contribution in [1.29, 1.82) is 0 Å². The molecule has 1 amide bonds. The number of nitrogens with zero attached hydrogens (tertiary/aromatic N) is 5. The van der Waals surface area contributed by atoms with Gasteiger partial charge in [0.1, 0.15) is 0 Å². The molecule has 1 aliphatic heterocycles. The molecule has 1 aromatic heterocycles. The Bertz CT molecular complexity index is 900. The number of anilines is 3. The molecule has 1 unspecified atom stereocenters. The molecule has 2 N–H and O–H groups in total. The standard InChI is InChI=1S/C21H28N6O3/c1-4-5-6-14-7-9-16(10-8-14)27-12-15(11-18(27)28)19(29)30-13-17-23-20(22)25-21(24-17)26(2)3/h7-10,15H,4-6,11-13H2,1-3H3,(H2,22,23,24,25). The summed E-state index contributed by atoms with van der Waals surface area (Å²) in [6.45, 7) is 2.34. The number of hydrogen-bond donors (Lipinski definition) is 1. The number of aryl methyl sites for hydroxylation is 1. The molecular weight excluding hydrogens is 384 g/mol. The molecule has 9 nitrogen and oxygen atoms in total. The number of carbonyl (C=O) groups excluding carboxylic acids is 2. The molecule has 30 heavy (non-hydrogen) atoms. The molecule has 160 valence electrons. The van der Waals surface area contributed by atoms with Crippen molar-refractivity contribution in [2.75, 3.05) is 36.2 Å². The average Bonchev–Trinajstić information content (AvgIpc) is 3.12. The van der Waals surface area contributed by atoms with E-state index in [1.54, 1.807) is 23.9 Å². The van der Waals surface area contributed by atoms with Crippen LogP contribution in [0.5, 0.6) is 0 Å². The topological polar surface area (TPSA) is 115 Å². The van der Waals surface area contributed by atoms with Crippen LogP contribution in [0.3, 0.4) is 0 Å². The molecule has 0 aliphatic carbocycles. The van der Waals surface area contributed by atoms with Gasteiger partial charge < -0.3 is 20.3 Å². The highest BCUT2D eigenvalue weighted by atomic mass is 16.5. The first-order chi connectivity index (χ1) is 14.4. The molecule has 0 spiro atoms. The normalized spacial score (nSPS) is 16.0. The lowest BCUT2D eigenvalue weighted by atomic mass is 10.1. The fourth-order valence-corrected chi connectivity index (χ4v) is 3.28. The van der Waals surface area contributed by atoms with E-state index >= 15 is 0 Å². The lowest BCUT2D eigenvalue weighted by Crippen LogP contribution is -2.26. The van der Waals surface area contributed by atoms with Gasteiger partial charge in [0.05, 0.1) is 5.92 Å². The molecule has 0 radical (unpaired) electrons. The molecule has 2 heterocycles. The number of benzene rings is 1. The zero-order valence-corrected chi connectivity index (χ0v) is 17.7. The third kappa shape index (κ3) is 5.22. The molecule has 1 aromatic carbocycles. The van der Waals surface area contributed by atoms with Crippen LogP contribution in [0.25, 0.3) is 0 Å². The zero-order chi connectivity index (χ0) is 21.7. The highest BCUT2D eigenvalue weighted by Crippen LogP contribution is 2.26. The Labute approximate surface area is 176 Å². The van der Waals surface area contributed by atoms with E-state index in [0.29, 0.717) is 12.5 Å². The van der Waals surface area contributed by atoms with Crippen LogP contribution in [-0.2, 0) is 27.4 Å². The number of esters is 1. The second kappa shape index (κ2) is 9.51. The Kier molecular flexibility index (Phi) is 6.81. The Hall–Kier alpha value is -3.23. The molecule has 1 fully saturated rings. The van der Waals surface area contributed by atoms with Crippen molar-refractivity contribution in [3.05, 3.63) is 35.7 Å². The maximum absolute atomic E-state index is 12.5. The van der Waals surface area contributed by atoms with Crippen molar-refractivity contribution in [2.24, 2.45) is 5.92 Å². The van der Waals surface area contributed by atoms with E-state index in [1.165, 1.54) is 5.56 Å². The van der Waals surface area contributed by atoms with E-state index in [2.05, 4.69) is 21.9 Å². The maximum atomic E-state index is 12.5. The van der Waals surface area contributed by atoms with Crippen LogP contribution in [-0.4, -0.2) is 47.5 Å². The van der Waals surface area contributed by atoms with Gasteiger partial charge in [-0.05, 0) is 30.5 Å². The minimum Gasteiger partial charge on any atom is -0.457 e. The summed E-state index contributed by atoms with van der Waals surface area (Å²) in [5.41, 5.74) is 7.73. The van der Waals surface area contributed by atoms with Crippen molar-refractivity contribution in [2.45, 2.75) is 39.2 Å². The Balaban J connectivity index is 1.58. The van der Waals surface area contributed by atoms with Gasteiger partial charge in [-0.2, -0.15) is 15.0 Å². The number of unbranched alkanes of at least 4 members (excludes halogenated alkanes) is 1. The third-order valence-corrected chi connectivity index (χ3v) is 4.96. The van der Waals surface area contributed by atoms with Gasteiger partial charge in [0.25, 0.3) is 0 Å². The summed E-state index contributed by atoms with van der Waals surface area (Å²) in [5.74, 6) is -0.343. The number of rotatable bonds is 8. The number of ether oxygens (including phenoxy) is 1. The van der Waals surface area contributed by atoms with Crippen LogP contribution in [0.1, 0.15) is 37.6 Å². The van der Waals surface area contributed by atoms with Crippen LogP contribution in [0.2, 0.25) is 0 Å². The van der Waals surface area contributed by atoms with Crippen LogP contribution in [0.4, 0.5) is 17.6 Å². The number of nitrogen functional groups attached to an aromatic ring is 1. The van der Waals surface area contributed by atoms with Crippen molar-refractivity contribution in [1.82, 2.24) is 15.0 Å². The lowest BCUT2D eigenvalue weighted by molar-refractivity contribution is -0.149. The molecule has 1 aliphatic rings. The Morgan fingerprint density at radius 1 is 1.23 bits per heavy atom. The van der Waals surface area contributed by atoms with Crippen molar-refractivity contribution >= 4 is 29.5 Å². The number of carbonyl (C=O) groups is 2. The van der Waals surface area contributed by atoms with Crippen molar-refractivity contribution in [3.63, 3.8) is 0 Å². The van der Waals surface area contributed by atoms with Gasteiger partial charge in [0, 0.05) is 32.7 Å². The highest BCUT2D eigenvalue weighted by Gasteiger charge is 2.36. The summed E-state index contributed by atoms with van der Waals surface area (Å²) in [5, 5.41) is 0. The summed E-state index contributed by atoms with van der Waals surface area (Å²) >= 11 is 0. The van der Waals surface area contributed by atoms with E-state index < -0.39 is 11.9 Å². The first-order valence-corrected chi connectivity index (χ1v) is 10.1. The molecule has 1 saturated heterocycles. The number of nitrogens with two attached hydrogens (primary N) is 1. The lowest BCUT2D eigenvalue weighted by Gasteiger charge is -2.17. The van der Waals surface area contributed by atoms with Crippen LogP contribution >= 0.6 is 0 Å². The van der Waals surface area contributed by atoms with Gasteiger partial charge in [0.15, 0.2) is 12.4 Å². The molecule has 3 rings (SSSR count). The van der Waals surface area contributed by atoms with Crippen molar-refractivity contribution in [3.8, 4) is 0 Å². The van der Waals surface area contributed by atoms with Gasteiger partial charge in [-0.25, -0.2) is 0 Å². The fraction of sp³-hybridized carbons (Fsp3) is 0.476. The van der Waals surface area contributed by atoms with E-state index in [1.807, 2.05) is 24.3 Å². The number of aromatic nitrogens is 3. The van der Waals surface area contributed by atoms with Crippen LogP contribution < -0.4 is 15.5 Å². The summed E-state index contributed by atoms with van der Waals surface area (Å²) in [7, 11) is 3.55. The average molecular weight is 412 g/mol. The van der Waals surface area contributed by atoms with Gasteiger partial charge >= 0.3 is 5.97 Å². The molecule has 0 saturated carbocycles. The van der Waals surface area contributed by atoms with Crippen molar-refractivity contribution < 1.29 is 14.3 Å². The molecule has 1 atom stereocenters. The predicted octanol–water partition coefficient (Wildman–Crippen LogP) is 1.96. The third-order valence-electron chi connectivity index (χ3n) is 4.96. The molecule has 0 bridgehead atoms.